The van der Waals surface area contributed by atoms with Crippen molar-refractivity contribution in [3.63, 3.8) is 0 Å². The first-order valence-corrected chi connectivity index (χ1v) is 8.93. The smallest absolute Gasteiger partial charge is 0.310 e. The summed E-state index contributed by atoms with van der Waals surface area (Å²) in [5, 5.41) is 2.81. The summed E-state index contributed by atoms with van der Waals surface area (Å²) in [5.74, 6) is -1.37. The monoisotopic (exact) mass is 412 g/mol. The van der Waals surface area contributed by atoms with Crippen LogP contribution in [0.25, 0.3) is 10.9 Å². The van der Waals surface area contributed by atoms with Gasteiger partial charge in [-0.1, -0.05) is 41.6 Å². The summed E-state index contributed by atoms with van der Waals surface area (Å²) in [6.45, 7) is 1.57. The maximum absolute atomic E-state index is 13.1. The Morgan fingerprint density at radius 2 is 1.93 bits per heavy atom. The van der Waals surface area contributed by atoms with Crippen LogP contribution in [0.15, 0.2) is 47.6 Å². The number of amides is 1. The highest BCUT2D eigenvalue weighted by Crippen LogP contribution is 2.33. The van der Waals surface area contributed by atoms with Crippen molar-refractivity contribution in [2.45, 2.75) is 23.4 Å². The lowest BCUT2D eigenvalue weighted by molar-refractivity contribution is -0.145. The van der Waals surface area contributed by atoms with Crippen molar-refractivity contribution in [1.82, 2.24) is 15.0 Å². The summed E-state index contributed by atoms with van der Waals surface area (Å²) >= 11 is 6.66. The molecule has 140 valence electrons. The molecule has 2 aromatic heterocycles. The van der Waals surface area contributed by atoms with Crippen LogP contribution in [0.5, 0.6) is 0 Å². The summed E-state index contributed by atoms with van der Waals surface area (Å²) < 4.78 is 39.2. The number of alkyl halides is 3. The number of hydrogen-bond donors (Lipinski definition) is 1. The molecule has 0 aliphatic carbocycles. The molecular formula is C17H12ClF3N4OS. The number of carbonyl (C=O) groups excluding carboxylic acids is 1. The normalized spacial score (nSPS) is 12.8. The number of rotatable bonds is 4. The van der Waals surface area contributed by atoms with Crippen molar-refractivity contribution in [3.05, 3.63) is 53.4 Å². The van der Waals surface area contributed by atoms with Crippen LogP contribution < -0.4 is 5.32 Å². The molecule has 0 radical (unpaired) electrons. The Morgan fingerprint density at radius 3 is 2.59 bits per heavy atom. The minimum atomic E-state index is -4.68. The van der Waals surface area contributed by atoms with Gasteiger partial charge in [0.05, 0.1) is 15.8 Å². The first-order chi connectivity index (χ1) is 12.7. The van der Waals surface area contributed by atoms with E-state index in [0.29, 0.717) is 16.2 Å². The third kappa shape index (κ3) is 4.67. The Balaban J connectivity index is 1.86. The van der Waals surface area contributed by atoms with E-state index in [1.165, 1.54) is 18.3 Å². The van der Waals surface area contributed by atoms with Crippen LogP contribution in [-0.2, 0) is 11.0 Å². The van der Waals surface area contributed by atoms with Gasteiger partial charge in [-0.15, -0.1) is 0 Å². The third-order valence-electron chi connectivity index (χ3n) is 3.46. The molecule has 0 saturated carbocycles. The highest BCUT2D eigenvalue weighted by atomic mass is 35.5. The molecule has 2 heterocycles. The largest absolute Gasteiger partial charge is 0.451 e. The second-order valence-corrected chi connectivity index (χ2v) is 7.24. The Morgan fingerprint density at radius 1 is 1.19 bits per heavy atom. The Kier molecular flexibility index (Phi) is 5.52. The molecule has 1 atom stereocenters. The Bertz CT molecular complexity index is 982. The van der Waals surface area contributed by atoms with Crippen molar-refractivity contribution in [1.29, 1.82) is 0 Å². The number of carbonyl (C=O) groups is 1. The number of thioether (sulfide) groups is 1. The summed E-state index contributed by atoms with van der Waals surface area (Å²) in [4.78, 5) is 23.5. The van der Waals surface area contributed by atoms with Gasteiger partial charge in [0.1, 0.15) is 10.8 Å². The van der Waals surface area contributed by atoms with E-state index in [1.807, 2.05) is 0 Å². The van der Waals surface area contributed by atoms with Crippen molar-refractivity contribution < 1.29 is 18.0 Å². The second kappa shape index (κ2) is 7.69. The fourth-order valence-electron chi connectivity index (χ4n) is 2.16. The van der Waals surface area contributed by atoms with Crippen LogP contribution in [0.4, 0.5) is 19.0 Å². The molecule has 1 N–H and O–H groups in total. The Hall–Kier alpha value is -2.39. The van der Waals surface area contributed by atoms with Crippen LogP contribution in [0.1, 0.15) is 12.7 Å². The SMILES string of the molecule is C[C@H](Sc1nc(C(F)(F)F)nc2ccccc12)C(=O)Nc1ccc(Cl)cn1. The second-order valence-electron chi connectivity index (χ2n) is 5.48. The van der Waals surface area contributed by atoms with E-state index in [4.69, 9.17) is 11.6 Å². The van der Waals surface area contributed by atoms with Crippen LogP contribution >= 0.6 is 23.4 Å². The number of hydrogen-bond acceptors (Lipinski definition) is 5. The van der Waals surface area contributed by atoms with Gasteiger partial charge in [-0.05, 0) is 25.1 Å². The lowest BCUT2D eigenvalue weighted by Gasteiger charge is -2.14. The van der Waals surface area contributed by atoms with Gasteiger partial charge < -0.3 is 5.32 Å². The van der Waals surface area contributed by atoms with Gasteiger partial charge in [-0.2, -0.15) is 13.2 Å². The predicted molar refractivity (Wildman–Crippen MR) is 97.7 cm³/mol. The van der Waals surface area contributed by atoms with Gasteiger partial charge in [-0.25, -0.2) is 15.0 Å². The molecule has 1 amide bonds. The number of fused-ring (bicyclic) bond motifs is 1. The zero-order valence-electron chi connectivity index (χ0n) is 13.8. The highest BCUT2D eigenvalue weighted by molar-refractivity contribution is 8.00. The molecule has 0 unspecified atom stereocenters. The molecule has 5 nitrogen and oxygen atoms in total. The van der Waals surface area contributed by atoms with Crippen LogP contribution in [0.2, 0.25) is 5.02 Å². The summed E-state index contributed by atoms with van der Waals surface area (Å²) in [6.07, 6.45) is -3.30. The average Bonchev–Trinajstić information content (AvgIpc) is 2.62. The molecular weight excluding hydrogens is 401 g/mol. The first kappa shape index (κ1) is 19.4. The van der Waals surface area contributed by atoms with E-state index in [-0.39, 0.29) is 10.5 Å². The maximum atomic E-state index is 13.1. The molecule has 0 aliphatic heterocycles. The van der Waals surface area contributed by atoms with Crippen LogP contribution in [0.3, 0.4) is 0 Å². The Labute approximate surface area is 161 Å². The molecule has 0 spiro atoms. The van der Waals surface area contributed by atoms with Crippen molar-refractivity contribution >= 4 is 46.0 Å². The highest BCUT2D eigenvalue weighted by Gasteiger charge is 2.35. The minimum Gasteiger partial charge on any atom is -0.310 e. The minimum absolute atomic E-state index is 0.0830. The lowest BCUT2D eigenvalue weighted by atomic mass is 10.2. The van der Waals surface area contributed by atoms with Gasteiger partial charge in [0, 0.05) is 11.6 Å². The summed E-state index contributed by atoms with van der Waals surface area (Å²) in [5.41, 5.74) is 0.161. The number of aromatic nitrogens is 3. The lowest BCUT2D eigenvalue weighted by Crippen LogP contribution is -2.23. The van der Waals surface area contributed by atoms with Crippen molar-refractivity contribution in [2.75, 3.05) is 5.32 Å². The molecule has 0 bridgehead atoms. The fourth-order valence-corrected chi connectivity index (χ4v) is 3.21. The van der Waals surface area contributed by atoms with Crippen molar-refractivity contribution in [2.24, 2.45) is 0 Å². The van der Waals surface area contributed by atoms with Gasteiger partial charge in [0.25, 0.3) is 0 Å². The molecule has 1 aromatic carbocycles. The van der Waals surface area contributed by atoms with Gasteiger partial charge in [0.15, 0.2) is 0 Å². The maximum Gasteiger partial charge on any atom is 0.451 e. The number of benzene rings is 1. The topological polar surface area (TPSA) is 67.8 Å². The van der Waals surface area contributed by atoms with Crippen LogP contribution in [0, 0.1) is 0 Å². The predicted octanol–water partition coefficient (Wildman–Crippen LogP) is 4.82. The molecule has 27 heavy (non-hydrogen) atoms. The molecule has 3 rings (SSSR count). The quantitative estimate of drug-likeness (QED) is 0.491. The molecule has 0 aliphatic rings. The third-order valence-corrected chi connectivity index (χ3v) is 4.78. The van der Waals surface area contributed by atoms with Crippen LogP contribution in [-0.4, -0.2) is 26.1 Å². The fraction of sp³-hybridized carbons (Fsp3) is 0.176. The zero-order chi connectivity index (χ0) is 19.6. The van der Waals surface area contributed by atoms with E-state index in [1.54, 1.807) is 31.2 Å². The average molecular weight is 413 g/mol. The zero-order valence-corrected chi connectivity index (χ0v) is 15.4. The van der Waals surface area contributed by atoms with E-state index in [0.717, 1.165) is 11.8 Å². The van der Waals surface area contributed by atoms with Gasteiger partial charge >= 0.3 is 6.18 Å². The number of anilines is 1. The number of para-hydroxylation sites is 1. The van der Waals surface area contributed by atoms with Crippen molar-refractivity contribution in [3.8, 4) is 0 Å². The van der Waals surface area contributed by atoms with E-state index >= 15 is 0 Å². The van der Waals surface area contributed by atoms with E-state index < -0.39 is 23.2 Å². The van der Waals surface area contributed by atoms with E-state index in [2.05, 4.69) is 20.3 Å². The van der Waals surface area contributed by atoms with Gasteiger partial charge in [-0.3, -0.25) is 4.79 Å². The number of halogens is 4. The molecule has 3 aromatic rings. The summed E-state index contributed by atoms with van der Waals surface area (Å²) in [6, 6.07) is 9.44. The standard InChI is InChI=1S/C17H12ClF3N4OS/c1-9(14(26)24-13-7-6-10(18)8-22-13)27-15-11-4-2-3-5-12(11)23-16(25-15)17(19,20)21/h2-9H,1H3,(H,22,24,26)/t9-/m0/s1. The number of nitrogens with one attached hydrogen (secondary N) is 1. The molecule has 0 saturated heterocycles. The number of nitrogens with zero attached hydrogens (tertiary/aromatic N) is 3. The van der Waals surface area contributed by atoms with Gasteiger partial charge in [0.2, 0.25) is 11.7 Å². The molecule has 10 heteroatoms. The number of pyridine rings is 1. The molecule has 0 fully saturated rings. The first-order valence-electron chi connectivity index (χ1n) is 7.67. The summed E-state index contributed by atoms with van der Waals surface area (Å²) in [7, 11) is 0. The van der Waals surface area contributed by atoms with E-state index in [9.17, 15) is 18.0 Å².